The fourth-order valence-electron chi connectivity index (χ4n) is 2.38. The number of hydrogen-bond donors (Lipinski definition) is 4. The number of phenols is 1. The van der Waals surface area contributed by atoms with E-state index < -0.39 is 16.8 Å². The van der Waals surface area contributed by atoms with Crippen molar-refractivity contribution in [1.29, 1.82) is 0 Å². The molecule has 0 bridgehead atoms. The summed E-state index contributed by atoms with van der Waals surface area (Å²) in [5, 5.41) is 19.0. The lowest BCUT2D eigenvalue weighted by molar-refractivity contribution is 0.0940. The molecule has 0 fully saturated rings. The van der Waals surface area contributed by atoms with E-state index >= 15 is 0 Å². The predicted molar refractivity (Wildman–Crippen MR) is 108 cm³/mol. The molecule has 27 heavy (non-hydrogen) atoms. The van der Waals surface area contributed by atoms with E-state index in [0.29, 0.717) is 0 Å². The lowest BCUT2D eigenvalue weighted by Gasteiger charge is -2.30. The Morgan fingerprint density at radius 2 is 1.63 bits per heavy atom. The highest BCUT2D eigenvalue weighted by Gasteiger charge is 2.27. The average molecular weight is 373 g/mol. The summed E-state index contributed by atoms with van der Waals surface area (Å²) < 4.78 is 0. The number of nitrogens with one attached hydrogen (secondary N) is 3. The summed E-state index contributed by atoms with van der Waals surface area (Å²) >= 11 is 0. The predicted octanol–water partition coefficient (Wildman–Crippen LogP) is 2.72. The van der Waals surface area contributed by atoms with E-state index in [9.17, 15) is 19.5 Å². The molecule has 0 saturated heterocycles. The summed E-state index contributed by atoms with van der Waals surface area (Å²) in [6.45, 7) is 11.6. The molecular weight excluding hydrogens is 346 g/mol. The summed E-state index contributed by atoms with van der Waals surface area (Å²) in [5.74, 6) is -0.700. The van der Waals surface area contributed by atoms with Crippen molar-refractivity contribution >= 4 is 23.0 Å². The highest BCUT2D eigenvalue weighted by molar-refractivity contribution is 5.99. The molecule has 4 N–H and O–H groups in total. The smallest absolute Gasteiger partial charge is 0.255 e. The molecule has 146 valence electrons. The zero-order valence-corrected chi connectivity index (χ0v) is 16.6. The fourth-order valence-corrected chi connectivity index (χ4v) is 2.38. The van der Waals surface area contributed by atoms with Crippen LogP contribution < -0.4 is 26.8 Å². The number of para-hydroxylation sites is 1. The molecule has 0 aliphatic heterocycles. The number of aromatic hydroxyl groups is 1. The third-order valence-corrected chi connectivity index (χ3v) is 4.53. The largest absolute Gasteiger partial charge is 0.505 e. The van der Waals surface area contributed by atoms with Gasteiger partial charge in [0.1, 0.15) is 11.4 Å². The minimum Gasteiger partial charge on any atom is -0.505 e. The Hall–Kier alpha value is -2.83. The molecule has 2 rings (SSSR count). The molecule has 0 aliphatic rings. The average Bonchev–Trinajstić information content (AvgIpc) is 2.57. The summed E-state index contributed by atoms with van der Waals surface area (Å²) in [6, 6.07) is 4.47. The molecule has 7 nitrogen and oxygen atoms in total. The maximum absolute atomic E-state index is 12.2. The van der Waals surface area contributed by atoms with Gasteiger partial charge in [0.05, 0.1) is 11.3 Å². The van der Waals surface area contributed by atoms with Gasteiger partial charge in [-0.05, 0) is 38.3 Å². The van der Waals surface area contributed by atoms with E-state index in [1.807, 2.05) is 41.5 Å². The van der Waals surface area contributed by atoms with Crippen LogP contribution >= 0.6 is 0 Å². The molecule has 0 aromatic heterocycles. The topological polar surface area (TPSA) is 108 Å². The molecule has 1 amide bonds. The molecule has 2 aromatic rings. The van der Waals surface area contributed by atoms with Crippen LogP contribution in [0.4, 0.5) is 17.1 Å². The molecule has 0 radical (unpaired) electrons. The van der Waals surface area contributed by atoms with Crippen molar-refractivity contribution < 1.29 is 9.90 Å². The second kappa shape index (κ2) is 7.42. The Morgan fingerprint density at radius 1 is 1.04 bits per heavy atom. The lowest BCUT2D eigenvalue weighted by Crippen LogP contribution is -2.41. The van der Waals surface area contributed by atoms with Gasteiger partial charge in [-0.2, -0.15) is 0 Å². The molecule has 0 spiro atoms. The van der Waals surface area contributed by atoms with Crippen molar-refractivity contribution in [3.05, 3.63) is 44.2 Å². The monoisotopic (exact) mass is 373 g/mol. The first-order valence-electron chi connectivity index (χ1n) is 8.93. The van der Waals surface area contributed by atoms with E-state index in [1.165, 1.54) is 12.1 Å². The number of phenolic OH excluding ortho intramolecular Hbond substituents is 1. The van der Waals surface area contributed by atoms with Gasteiger partial charge in [-0.15, -0.1) is 0 Å². The lowest BCUT2D eigenvalue weighted by atomic mass is 9.87. The molecule has 0 saturated carbocycles. The van der Waals surface area contributed by atoms with Gasteiger partial charge in [0.15, 0.2) is 5.75 Å². The SMILES string of the molecule is CC(C)NC(=O)c1cccc(Nc2c(N[C@@H](C)C(C)(C)C)c(=O)c2=O)c1O. The van der Waals surface area contributed by atoms with E-state index in [-0.39, 0.29) is 45.9 Å². The zero-order valence-electron chi connectivity index (χ0n) is 16.6. The summed E-state index contributed by atoms with van der Waals surface area (Å²) in [7, 11) is 0. The standard InChI is InChI=1S/C20H27N3O4/c1-10(2)21-19(27)12-8-7-9-13(16(12)24)23-15-14(17(25)18(15)26)22-11(3)20(4,5)6/h7-11,22-24H,1-6H3,(H,21,27)/t11-/m0/s1. The van der Waals surface area contributed by atoms with Crippen molar-refractivity contribution in [2.45, 2.75) is 53.6 Å². The maximum Gasteiger partial charge on any atom is 0.255 e. The van der Waals surface area contributed by atoms with Crippen LogP contribution in [0.1, 0.15) is 51.9 Å². The Labute approximate surface area is 158 Å². The summed E-state index contributed by atoms with van der Waals surface area (Å²) in [5.41, 5.74) is -0.813. The summed E-state index contributed by atoms with van der Waals surface area (Å²) in [4.78, 5) is 36.2. The van der Waals surface area contributed by atoms with Crippen LogP contribution in [0.2, 0.25) is 0 Å². The molecule has 2 aromatic carbocycles. The van der Waals surface area contributed by atoms with Gasteiger partial charge < -0.3 is 21.1 Å². The van der Waals surface area contributed by atoms with E-state index in [1.54, 1.807) is 6.07 Å². The van der Waals surface area contributed by atoms with E-state index in [0.717, 1.165) is 0 Å². The molecule has 0 unspecified atom stereocenters. The second-order valence-electron chi connectivity index (χ2n) is 8.10. The van der Waals surface area contributed by atoms with Gasteiger partial charge in [0.25, 0.3) is 16.8 Å². The number of carbonyl (C=O) groups is 1. The van der Waals surface area contributed by atoms with Crippen LogP contribution in [0.3, 0.4) is 0 Å². The third-order valence-electron chi connectivity index (χ3n) is 4.53. The van der Waals surface area contributed by atoms with E-state index in [4.69, 9.17) is 0 Å². The molecule has 0 aliphatic carbocycles. The van der Waals surface area contributed by atoms with Crippen LogP contribution in [0.15, 0.2) is 27.8 Å². The van der Waals surface area contributed by atoms with Crippen LogP contribution in [0.5, 0.6) is 5.75 Å². The summed E-state index contributed by atoms with van der Waals surface area (Å²) in [6.07, 6.45) is 0. The number of hydrogen-bond acceptors (Lipinski definition) is 6. The van der Waals surface area contributed by atoms with Gasteiger partial charge in [0, 0.05) is 12.1 Å². The van der Waals surface area contributed by atoms with Crippen LogP contribution in [-0.2, 0) is 0 Å². The van der Waals surface area contributed by atoms with Crippen molar-refractivity contribution in [3.63, 3.8) is 0 Å². The minimum atomic E-state index is -0.657. The van der Waals surface area contributed by atoms with Crippen molar-refractivity contribution in [2.24, 2.45) is 5.41 Å². The fraction of sp³-hybridized carbons (Fsp3) is 0.450. The van der Waals surface area contributed by atoms with Crippen molar-refractivity contribution in [3.8, 4) is 5.75 Å². The Bertz CT molecular complexity index is 918. The van der Waals surface area contributed by atoms with Crippen LogP contribution in [0.25, 0.3) is 0 Å². The second-order valence-corrected chi connectivity index (χ2v) is 8.10. The first kappa shape index (κ1) is 20.5. The van der Waals surface area contributed by atoms with Gasteiger partial charge in [-0.25, -0.2) is 0 Å². The van der Waals surface area contributed by atoms with Gasteiger partial charge in [-0.1, -0.05) is 26.8 Å². The maximum atomic E-state index is 12.2. The number of rotatable bonds is 6. The Kier molecular flexibility index (Phi) is 5.63. The van der Waals surface area contributed by atoms with Crippen LogP contribution in [0, 0.1) is 5.41 Å². The molecular formula is C20H27N3O4. The van der Waals surface area contributed by atoms with Gasteiger partial charge in [-0.3, -0.25) is 14.4 Å². The van der Waals surface area contributed by atoms with Gasteiger partial charge in [0.2, 0.25) is 0 Å². The number of carbonyl (C=O) groups excluding carboxylic acids is 1. The molecule has 7 heteroatoms. The molecule has 1 atom stereocenters. The Morgan fingerprint density at radius 3 is 2.19 bits per heavy atom. The van der Waals surface area contributed by atoms with Crippen LogP contribution in [-0.4, -0.2) is 23.1 Å². The first-order valence-corrected chi connectivity index (χ1v) is 8.93. The zero-order chi connectivity index (χ0) is 20.5. The highest BCUT2D eigenvalue weighted by Crippen LogP contribution is 2.32. The Balaban J connectivity index is 2.31. The van der Waals surface area contributed by atoms with Crippen molar-refractivity contribution in [1.82, 2.24) is 5.32 Å². The quantitative estimate of drug-likeness (QED) is 0.458. The molecule has 0 heterocycles. The first-order chi connectivity index (χ1) is 12.4. The number of anilines is 3. The van der Waals surface area contributed by atoms with E-state index in [2.05, 4.69) is 16.0 Å². The third kappa shape index (κ3) is 4.30. The van der Waals surface area contributed by atoms with Crippen molar-refractivity contribution in [2.75, 3.05) is 10.6 Å². The number of benzene rings is 1. The minimum absolute atomic E-state index is 0.0573. The normalized spacial score (nSPS) is 12.9. The number of amides is 1. The highest BCUT2D eigenvalue weighted by atomic mass is 16.3. The van der Waals surface area contributed by atoms with Gasteiger partial charge >= 0.3 is 0 Å².